The van der Waals surface area contributed by atoms with Crippen LogP contribution in [0.4, 0.5) is 0 Å². The number of hydrogen-bond donors (Lipinski definition) is 0. The van der Waals surface area contributed by atoms with E-state index in [-0.39, 0.29) is 6.29 Å². The van der Waals surface area contributed by atoms with Gasteiger partial charge in [-0.05, 0) is 31.1 Å². The highest BCUT2D eigenvalue weighted by molar-refractivity contribution is 4.90. The van der Waals surface area contributed by atoms with E-state index in [2.05, 4.69) is 12.2 Å². The van der Waals surface area contributed by atoms with Crippen molar-refractivity contribution in [1.29, 1.82) is 0 Å². The van der Waals surface area contributed by atoms with Gasteiger partial charge >= 0.3 is 0 Å². The fourth-order valence-corrected chi connectivity index (χ4v) is 3.49. The molecule has 2 nitrogen and oxygen atoms in total. The summed E-state index contributed by atoms with van der Waals surface area (Å²) in [6.45, 7) is 1.47. The maximum absolute atomic E-state index is 5.79. The maximum Gasteiger partial charge on any atom is 0.161 e. The molecule has 2 bridgehead atoms. The second-order valence-electron chi connectivity index (χ2n) is 5.19. The Kier molecular flexibility index (Phi) is 2.80. The number of rotatable bonds is 1. The zero-order valence-electron chi connectivity index (χ0n) is 9.23. The van der Waals surface area contributed by atoms with Gasteiger partial charge in [-0.15, -0.1) is 0 Å². The molecule has 3 aliphatic carbocycles. The van der Waals surface area contributed by atoms with Crippen molar-refractivity contribution in [3.05, 3.63) is 12.2 Å². The molecule has 1 heterocycles. The van der Waals surface area contributed by atoms with Crippen LogP contribution in [0, 0.1) is 17.8 Å². The van der Waals surface area contributed by atoms with E-state index in [0.29, 0.717) is 5.92 Å². The number of fused-ring (bicyclic) bond motifs is 3. The van der Waals surface area contributed by atoms with Crippen LogP contribution in [-0.2, 0) is 9.47 Å². The Hall–Kier alpha value is -0.340. The molecule has 0 aromatic heterocycles. The SMILES string of the molecule is C1=CCOC(C2CC3CCC2CC3)OC1. The van der Waals surface area contributed by atoms with Crippen LogP contribution in [0.3, 0.4) is 0 Å². The first-order valence-corrected chi connectivity index (χ1v) is 6.31. The monoisotopic (exact) mass is 208 g/mol. The molecule has 2 heteroatoms. The summed E-state index contributed by atoms with van der Waals surface area (Å²) in [5, 5.41) is 0. The summed E-state index contributed by atoms with van der Waals surface area (Å²) in [4.78, 5) is 0. The predicted molar refractivity (Wildman–Crippen MR) is 58.4 cm³/mol. The molecule has 4 rings (SSSR count). The van der Waals surface area contributed by atoms with E-state index < -0.39 is 0 Å². The lowest BCUT2D eigenvalue weighted by Gasteiger charge is -2.44. The van der Waals surface area contributed by atoms with E-state index in [1.54, 1.807) is 0 Å². The molecular formula is C13H20O2. The number of ether oxygens (including phenoxy) is 2. The lowest BCUT2D eigenvalue weighted by Crippen LogP contribution is -2.40. The average Bonchev–Trinajstić information content (AvgIpc) is 2.59. The van der Waals surface area contributed by atoms with Crippen molar-refractivity contribution in [2.24, 2.45) is 17.8 Å². The van der Waals surface area contributed by atoms with Crippen molar-refractivity contribution in [2.75, 3.05) is 13.2 Å². The smallest absolute Gasteiger partial charge is 0.161 e. The molecule has 0 N–H and O–H groups in total. The van der Waals surface area contributed by atoms with Gasteiger partial charge in [-0.1, -0.05) is 25.0 Å². The van der Waals surface area contributed by atoms with Crippen molar-refractivity contribution in [3.8, 4) is 0 Å². The van der Waals surface area contributed by atoms with E-state index in [4.69, 9.17) is 9.47 Å². The quantitative estimate of drug-likeness (QED) is 0.617. The molecular weight excluding hydrogens is 188 g/mol. The number of hydrogen-bond acceptors (Lipinski definition) is 2. The van der Waals surface area contributed by atoms with Crippen LogP contribution < -0.4 is 0 Å². The zero-order chi connectivity index (χ0) is 10.1. The van der Waals surface area contributed by atoms with Gasteiger partial charge in [0.2, 0.25) is 0 Å². The molecule has 15 heavy (non-hydrogen) atoms. The van der Waals surface area contributed by atoms with Crippen molar-refractivity contribution >= 4 is 0 Å². The van der Waals surface area contributed by atoms with Gasteiger partial charge in [0.05, 0.1) is 13.2 Å². The van der Waals surface area contributed by atoms with E-state index in [1.165, 1.54) is 32.1 Å². The first-order valence-electron chi connectivity index (χ1n) is 6.31. The Morgan fingerprint density at radius 3 is 2.07 bits per heavy atom. The minimum Gasteiger partial charge on any atom is -0.348 e. The first-order chi connectivity index (χ1) is 7.43. The third-order valence-corrected chi connectivity index (χ3v) is 4.33. The molecule has 3 fully saturated rings. The van der Waals surface area contributed by atoms with Gasteiger partial charge in [-0.3, -0.25) is 0 Å². The molecule has 1 atom stereocenters. The summed E-state index contributed by atoms with van der Waals surface area (Å²) in [6.07, 6.45) is 11.3. The summed E-state index contributed by atoms with van der Waals surface area (Å²) in [5.41, 5.74) is 0. The van der Waals surface area contributed by atoms with Crippen molar-refractivity contribution in [3.63, 3.8) is 0 Å². The van der Waals surface area contributed by atoms with Crippen molar-refractivity contribution in [2.45, 2.75) is 38.4 Å². The van der Waals surface area contributed by atoms with Crippen molar-refractivity contribution in [1.82, 2.24) is 0 Å². The van der Waals surface area contributed by atoms with Crippen molar-refractivity contribution < 1.29 is 9.47 Å². The summed E-state index contributed by atoms with van der Waals surface area (Å²) in [7, 11) is 0. The second-order valence-corrected chi connectivity index (χ2v) is 5.19. The first kappa shape index (κ1) is 9.86. The standard InChI is InChI=1S/C13H20O2/c1-2-8-15-13(14-7-1)12-9-10-3-5-11(12)6-4-10/h1-2,10-13H,3-9H2. The van der Waals surface area contributed by atoms with Gasteiger partial charge in [-0.2, -0.15) is 0 Å². The third-order valence-electron chi connectivity index (χ3n) is 4.33. The topological polar surface area (TPSA) is 18.5 Å². The van der Waals surface area contributed by atoms with Crippen LogP contribution in [0.15, 0.2) is 12.2 Å². The Bertz CT molecular complexity index is 231. The summed E-state index contributed by atoms with van der Waals surface area (Å²) < 4.78 is 11.6. The van der Waals surface area contributed by atoms with E-state index in [0.717, 1.165) is 25.0 Å². The van der Waals surface area contributed by atoms with Crippen LogP contribution in [-0.4, -0.2) is 19.5 Å². The van der Waals surface area contributed by atoms with Crippen LogP contribution in [0.1, 0.15) is 32.1 Å². The Morgan fingerprint density at radius 2 is 1.53 bits per heavy atom. The molecule has 84 valence electrons. The van der Waals surface area contributed by atoms with E-state index >= 15 is 0 Å². The normalized spacial score (nSPS) is 41.7. The van der Waals surface area contributed by atoms with Gasteiger partial charge in [-0.25, -0.2) is 0 Å². The van der Waals surface area contributed by atoms with Crippen LogP contribution in [0.25, 0.3) is 0 Å². The van der Waals surface area contributed by atoms with E-state index in [1.807, 2.05) is 0 Å². The lowest BCUT2D eigenvalue weighted by atomic mass is 9.64. The summed E-state index contributed by atoms with van der Waals surface area (Å²) >= 11 is 0. The highest BCUT2D eigenvalue weighted by Gasteiger charge is 2.40. The maximum atomic E-state index is 5.79. The molecule has 1 unspecified atom stereocenters. The van der Waals surface area contributed by atoms with Gasteiger partial charge in [0.15, 0.2) is 6.29 Å². The Morgan fingerprint density at radius 1 is 0.867 bits per heavy atom. The molecule has 0 spiro atoms. The predicted octanol–water partition coefficient (Wildman–Crippen LogP) is 2.74. The largest absolute Gasteiger partial charge is 0.348 e. The zero-order valence-corrected chi connectivity index (χ0v) is 9.23. The van der Waals surface area contributed by atoms with E-state index in [9.17, 15) is 0 Å². The fraction of sp³-hybridized carbons (Fsp3) is 0.846. The molecule has 0 amide bonds. The highest BCUT2D eigenvalue weighted by Crippen LogP contribution is 2.47. The Balaban J connectivity index is 1.66. The highest BCUT2D eigenvalue weighted by atomic mass is 16.7. The van der Waals surface area contributed by atoms with Gasteiger partial charge in [0, 0.05) is 5.92 Å². The molecule has 1 aliphatic heterocycles. The second kappa shape index (κ2) is 4.26. The van der Waals surface area contributed by atoms with Crippen LogP contribution in [0.2, 0.25) is 0 Å². The summed E-state index contributed by atoms with van der Waals surface area (Å²) in [6, 6.07) is 0. The van der Waals surface area contributed by atoms with Gasteiger partial charge in [0.25, 0.3) is 0 Å². The van der Waals surface area contributed by atoms with Crippen LogP contribution in [0.5, 0.6) is 0 Å². The summed E-state index contributed by atoms with van der Waals surface area (Å²) in [5.74, 6) is 2.51. The molecule has 3 saturated carbocycles. The third kappa shape index (κ3) is 1.98. The van der Waals surface area contributed by atoms with Gasteiger partial charge in [0.1, 0.15) is 0 Å². The molecule has 0 saturated heterocycles. The lowest BCUT2D eigenvalue weighted by molar-refractivity contribution is -0.183. The minimum absolute atomic E-state index is 0.0769. The Labute approximate surface area is 91.6 Å². The molecule has 0 radical (unpaired) electrons. The molecule has 0 aromatic rings. The van der Waals surface area contributed by atoms with Gasteiger partial charge < -0.3 is 9.47 Å². The minimum atomic E-state index is 0.0769. The molecule has 4 aliphatic rings. The average molecular weight is 208 g/mol. The van der Waals surface area contributed by atoms with Crippen LogP contribution >= 0.6 is 0 Å². The molecule has 0 aromatic carbocycles. The fourth-order valence-electron chi connectivity index (χ4n) is 3.49.